The average molecular weight is 326 g/mol. The predicted octanol–water partition coefficient (Wildman–Crippen LogP) is 1.90. The monoisotopic (exact) mass is 326 g/mol. The molecule has 4 heteroatoms. The highest BCUT2D eigenvalue weighted by Crippen LogP contribution is 2.62. The number of hydrogen-bond acceptors (Lipinski definition) is 3. The molecule has 3 unspecified atom stereocenters. The Labute approximate surface area is 142 Å². The molecule has 1 spiro atoms. The normalized spacial score (nSPS) is 43.9. The van der Waals surface area contributed by atoms with E-state index in [0.29, 0.717) is 17.7 Å². The maximum Gasteiger partial charge on any atom is 0.139 e. The van der Waals surface area contributed by atoms with Crippen LogP contribution in [0.4, 0.5) is 0 Å². The van der Waals surface area contributed by atoms with Crippen molar-refractivity contribution >= 4 is 0 Å². The van der Waals surface area contributed by atoms with Crippen molar-refractivity contribution in [2.24, 2.45) is 5.92 Å². The van der Waals surface area contributed by atoms with Gasteiger partial charge in [0.25, 0.3) is 0 Å². The molecule has 0 aromatic heterocycles. The largest absolute Gasteiger partial charge is 0.508 e. The van der Waals surface area contributed by atoms with Gasteiger partial charge in [0.1, 0.15) is 29.7 Å². The molecular weight excluding hydrogens is 302 g/mol. The quantitative estimate of drug-likeness (QED) is 0.645. The lowest BCUT2D eigenvalue weighted by atomic mass is 9.52. The van der Waals surface area contributed by atoms with E-state index in [-0.39, 0.29) is 11.5 Å². The second-order valence-electron chi connectivity index (χ2n) is 8.11. The summed E-state index contributed by atoms with van der Waals surface area (Å²) in [6, 6.07) is 3.99. The van der Waals surface area contributed by atoms with Crippen LogP contribution in [-0.2, 0) is 11.8 Å². The molecule has 4 aliphatic rings. The van der Waals surface area contributed by atoms with Crippen molar-refractivity contribution in [3.63, 3.8) is 0 Å². The maximum atomic E-state index is 10.6. The van der Waals surface area contributed by atoms with Crippen molar-refractivity contribution in [1.82, 2.24) is 0 Å². The number of rotatable bonds is 2. The molecule has 2 heterocycles. The minimum atomic E-state index is -0.585. The topological polar surface area (TPSA) is 49.7 Å². The zero-order valence-electron chi connectivity index (χ0n) is 14.0. The van der Waals surface area contributed by atoms with E-state index in [9.17, 15) is 10.2 Å². The van der Waals surface area contributed by atoms with Gasteiger partial charge < -0.3 is 19.4 Å². The molecular formula is C20H24NO3+. The summed E-state index contributed by atoms with van der Waals surface area (Å²) in [7, 11) is 2.30. The van der Waals surface area contributed by atoms with Gasteiger partial charge in [-0.3, -0.25) is 0 Å². The van der Waals surface area contributed by atoms with E-state index in [1.54, 1.807) is 6.07 Å². The molecule has 1 fully saturated rings. The van der Waals surface area contributed by atoms with E-state index >= 15 is 0 Å². The molecule has 2 N–H and O–H groups in total. The number of benzene rings is 1. The van der Waals surface area contributed by atoms with Crippen LogP contribution in [0.1, 0.15) is 17.5 Å². The van der Waals surface area contributed by atoms with Crippen LogP contribution >= 0.6 is 0 Å². The Balaban J connectivity index is 1.79. The molecule has 2 aliphatic carbocycles. The SMILES string of the molecule is C=CC[N@+]1(C)CC[C@@]23c4c5ccc(O)c4CC1C2C=C[C@H](O)C3O5. The number of aliphatic hydroxyl groups is 1. The molecule has 0 amide bonds. The van der Waals surface area contributed by atoms with Crippen molar-refractivity contribution in [3.05, 3.63) is 48.1 Å². The highest BCUT2D eigenvalue weighted by atomic mass is 16.5. The molecule has 0 radical (unpaired) electrons. The Bertz CT molecular complexity index is 772. The third-order valence-corrected chi connectivity index (χ3v) is 7.11. The van der Waals surface area contributed by atoms with Gasteiger partial charge in [0.2, 0.25) is 0 Å². The first-order chi connectivity index (χ1) is 11.5. The van der Waals surface area contributed by atoms with E-state index in [2.05, 4.69) is 19.7 Å². The summed E-state index contributed by atoms with van der Waals surface area (Å²) >= 11 is 0. The first kappa shape index (κ1) is 14.6. The molecule has 5 rings (SSSR count). The Morgan fingerprint density at radius 1 is 1.42 bits per heavy atom. The van der Waals surface area contributed by atoms with Gasteiger partial charge in [-0.1, -0.05) is 18.7 Å². The maximum absolute atomic E-state index is 10.6. The lowest BCUT2D eigenvalue weighted by Gasteiger charge is -2.59. The lowest BCUT2D eigenvalue weighted by Crippen LogP contribution is -2.71. The van der Waals surface area contributed by atoms with E-state index in [0.717, 1.165) is 41.7 Å². The molecule has 1 aromatic rings. The number of hydrogen-bond donors (Lipinski definition) is 2. The predicted molar refractivity (Wildman–Crippen MR) is 91.1 cm³/mol. The minimum absolute atomic E-state index is 0.195. The van der Waals surface area contributed by atoms with E-state index in [1.807, 2.05) is 18.2 Å². The van der Waals surface area contributed by atoms with Crippen LogP contribution in [0, 0.1) is 5.92 Å². The first-order valence-corrected chi connectivity index (χ1v) is 8.85. The third kappa shape index (κ3) is 1.47. The van der Waals surface area contributed by atoms with E-state index in [1.165, 1.54) is 5.56 Å². The Morgan fingerprint density at radius 2 is 2.25 bits per heavy atom. The van der Waals surface area contributed by atoms with Crippen LogP contribution in [0.5, 0.6) is 11.5 Å². The number of nitrogens with zero attached hydrogens (tertiary/aromatic N) is 1. The molecule has 126 valence electrons. The van der Waals surface area contributed by atoms with Gasteiger partial charge in [-0.2, -0.15) is 0 Å². The number of quaternary nitrogens is 1. The zero-order chi connectivity index (χ0) is 16.7. The second kappa shape index (κ2) is 4.44. The highest BCUT2D eigenvalue weighted by Gasteiger charge is 2.67. The fraction of sp³-hybridized carbons (Fsp3) is 0.500. The second-order valence-corrected chi connectivity index (χ2v) is 8.11. The van der Waals surface area contributed by atoms with Gasteiger partial charge in [-0.25, -0.2) is 0 Å². The number of ether oxygens (including phenoxy) is 1. The summed E-state index contributed by atoms with van der Waals surface area (Å²) in [5, 5.41) is 21.1. The van der Waals surface area contributed by atoms with Crippen LogP contribution in [0.3, 0.4) is 0 Å². The molecule has 2 bridgehead atoms. The van der Waals surface area contributed by atoms with E-state index < -0.39 is 6.10 Å². The smallest absolute Gasteiger partial charge is 0.139 e. The van der Waals surface area contributed by atoms with Crippen LogP contribution in [0.25, 0.3) is 0 Å². The fourth-order valence-corrected chi connectivity index (χ4v) is 6.03. The van der Waals surface area contributed by atoms with Crippen LogP contribution < -0.4 is 4.74 Å². The Hall–Kier alpha value is -1.78. The number of aromatic hydroxyl groups is 1. The van der Waals surface area contributed by atoms with Crippen molar-refractivity contribution in [2.75, 3.05) is 20.1 Å². The summed E-state index contributed by atoms with van der Waals surface area (Å²) in [5.74, 6) is 1.57. The number of aliphatic hydroxyl groups excluding tert-OH is 1. The van der Waals surface area contributed by atoms with Gasteiger partial charge >= 0.3 is 0 Å². The van der Waals surface area contributed by atoms with Crippen molar-refractivity contribution in [3.8, 4) is 11.5 Å². The Kier molecular flexibility index (Phi) is 2.69. The number of phenols is 1. The number of phenolic OH excluding ortho intramolecular Hbond substituents is 1. The fourth-order valence-electron chi connectivity index (χ4n) is 6.03. The zero-order valence-corrected chi connectivity index (χ0v) is 14.0. The van der Waals surface area contributed by atoms with Gasteiger partial charge in [-0.05, 0) is 18.2 Å². The van der Waals surface area contributed by atoms with Gasteiger partial charge in [0, 0.05) is 29.9 Å². The summed E-state index contributed by atoms with van der Waals surface area (Å²) in [4.78, 5) is 0. The van der Waals surface area contributed by atoms with Gasteiger partial charge in [-0.15, -0.1) is 0 Å². The molecule has 24 heavy (non-hydrogen) atoms. The standard InChI is InChI=1S/C20H23NO3/c1-3-9-21(2)10-8-20-13-4-5-16(23)19(20)24-17-7-6-15(22)12(18(17)20)11-14(13)21/h3-7,13-14,16,19,23H,1,8-11H2,2H3/p+1/t13?,14?,16-,19?,20-,21+/m0/s1. The number of likely N-dealkylation sites (N-methyl/N-ethyl adjacent to an activating group) is 1. The summed E-state index contributed by atoms with van der Waals surface area (Å²) in [6.45, 7) is 5.93. The molecule has 6 atom stereocenters. The first-order valence-electron chi connectivity index (χ1n) is 8.85. The highest BCUT2D eigenvalue weighted by molar-refractivity contribution is 5.60. The van der Waals surface area contributed by atoms with E-state index in [4.69, 9.17) is 4.74 Å². The van der Waals surface area contributed by atoms with Crippen molar-refractivity contribution in [1.29, 1.82) is 0 Å². The van der Waals surface area contributed by atoms with Gasteiger partial charge in [0.05, 0.1) is 25.6 Å². The van der Waals surface area contributed by atoms with Gasteiger partial charge in [0.15, 0.2) is 0 Å². The van der Waals surface area contributed by atoms with Crippen molar-refractivity contribution in [2.45, 2.75) is 36.5 Å². The van der Waals surface area contributed by atoms with Crippen molar-refractivity contribution < 1.29 is 19.4 Å². The summed E-state index contributed by atoms with van der Waals surface area (Å²) in [5.41, 5.74) is 2.01. The number of likely N-dealkylation sites (tertiary alicyclic amines) is 1. The van der Waals surface area contributed by atoms with Crippen LogP contribution in [-0.4, -0.2) is 53.1 Å². The third-order valence-electron chi connectivity index (χ3n) is 7.11. The minimum Gasteiger partial charge on any atom is -0.508 e. The molecule has 0 saturated carbocycles. The molecule has 1 aromatic carbocycles. The summed E-state index contributed by atoms with van der Waals surface area (Å²) < 4.78 is 7.17. The molecule has 1 saturated heterocycles. The summed E-state index contributed by atoms with van der Waals surface area (Å²) in [6.07, 6.45) is 7.14. The molecule has 4 nitrogen and oxygen atoms in total. The van der Waals surface area contributed by atoms with Crippen LogP contribution in [0.15, 0.2) is 36.9 Å². The lowest BCUT2D eigenvalue weighted by molar-refractivity contribution is -0.938. The van der Waals surface area contributed by atoms with Crippen LogP contribution in [0.2, 0.25) is 0 Å². The Morgan fingerprint density at radius 3 is 3.04 bits per heavy atom. The molecule has 2 aliphatic heterocycles. The number of piperidine rings is 1. The average Bonchev–Trinajstić information content (AvgIpc) is 2.90.